The van der Waals surface area contributed by atoms with E-state index in [0.717, 1.165) is 153 Å². The summed E-state index contributed by atoms with van der Waals surface area (Å²) in [4.78, 5) is 31.9. The fourth-order valence-electron chi connectivity index (χ4n) is 10.3. The van der Waals surface area contributed by atoms with Crippen LogP contribution in [-0.4, -0.2) is 25.2 Å². The van der Waals surface area contributed by atoms with E-state index < -0.39 is 47.3 Å². The van der Waals surface area contributed by atoms with Crippen molar-refractivity contribution in [3.8, 4) is 42.8 Å². The van der Waals surface area contributed by atoms with Gasteiger partial charge in [-0.05, 0) is 85.0 Å². The normalized spacial score (nSPS) is 13.6. The molecule has 0 radical (unpaired) electrons. The molecule has 0 saturated carbocycles. The molecule has 80 heavy (non-hydrogen) atoms. The van der Waals surface area contributed by atoms with Crippen LogP contribution in [0.3, 0.4) is 0 Å². The lowest BCUT2D eigenvalue weighted by Crippen LogP contribution is -2.19. The molecule has 0 fully saturated rings. The predicted octanol–water partition coefficient (Wildman–Crippen LogP) is 22.3. The largest absolute Gasteiger partial charge is 0.464 e. The summed E-state index contributed by atoms with van der Waals surface area (Å²) in [5.74, 6) is -3.88. The van der Waals surface area contributed by atoms with Gasteiger partial charge in [0.05, 0.1) is 55.6 Å². The lowest BCUT2D eigenvalue weighted by Gasteiger charge is -2.18. The Kier molecular flexibility index (Phi) is 25.9. The molecule has 4 atom stereocenters. The van der Waals surface area contributed by atoms with E-state index in [0.29, 0.717) is 60.6 Å². The van der Waals surface area contributed by atoms with Crippen LogP contribution >= 0.6 is 45.3 Å². The Balaban J connectivity index is 1.42. The summed E-state index contributed by atoms with van der Waals surface area (Å²) in [7, 11) is 0. The second-order valence-electron chi connectivity index (χ2n) is 21.4. The van der Waals surface area contributed by atoms with E-state index >= 15 is 0 Å². The number of hydrogen-bond acceptors (Lipinski definition) is 10. The second-order valence-corrected chi connectivity index (χ2v) is 25.6. The number of esters is 2. The molecular formula is C64H78F6N2O4S4. The molecular weight excluding hydrogens is 1100 g/mol. The summed E-state index contributed by atoms with van der Waals surface area (Å²) in [6.45, 7) is 9.03. The first-order valence-corrected chi connectivity index (χ1v) is 32.4. The molecule has 2 aromatic carbocycles. The third-order valence-electron chi connectivity index (χ3n) is 15.1. The Bertz CT molecular complexity index is 2740. The number of carbonyl (C=O) groups excluding carboxylic acids is 2. The van der Waals surface area contributed by atoms with E-state index in [1.165, 1.54) is 95.3 Å². The minimum atomic E-state index is -4.56. The highest BCUT2D eigenvalue weighted by Crippen LogP contribution is 2.55. The Morgan fingerprint density at radius 2 is 0.762 bits per heavy atom. The van der Waals surface area contributed by atoms with Crippen LogP contribution in [0, 0.1) is 34.5 Å². The van der Waals surface area contributed by atoms with E-state index in [2.05, 4.69) is 39.8 Å². The summed E-state index contributed by atoms with van der Waals surface area (Å²) in [5.41, 5.74) is -0.645. The first-order chi connectivity index (χ1) is 38.6. The molecule has 6 rings (SSSR count). The number of ether oxygens (including phenoxy) is 2. The Labute approximate surface area is 485 Å². The van der Waals surface area contributed by atoms with Crippen molar-refractivity contribution in [2.45, 2.75) is 206 Å². The van der Waals surface area contributed by atoms with Crippen molar-refractivity contribution in [1.29, 1.82) is 10.5 Å². The number of benzene rings is 2. The van der Waals surface area contributed by atoms with Gasteiger partial charge in [0.25, 0.3) is 0 Å². The topological polar surface area (TPSA) is 100 Å². The molecule has 16 heteroatoms. The van der Waals surface area contributed by atoms with Crippen LogP contribution in [0.25, 0.3) is 50.8 Å². The molecule has 434 valence electrons. The van der Waals surface area contributed by atoms with Crippen LogP contribution in [0.4, 0.5) is 26.3 Å². The molecule has 0 spiro atoms. The SMILES string of the molecule is CCCCCCCCC(CCCCCC)COC(=O)C(C#N)c1sc(-c2sc(C(C#N)C(=O)OCC(CCCCCC)CCCCCCCC)c3cc(-c4ccc(C(F)(F)F)cc4)sc23)c2sc(-c3ccc(C(F)(F)F)cc3)cc12. The highest BCUT2D eigenvalue weighted by Gasteiger charge is 2.36. The number of alkyl halides is 6. The number of thiophene rings is 4. The van der Waals surface area contributed by atoms with Crippen molar-refractivity contribution in [1.82, 2.24) is 0 Å². The molecule has 6 aromatic rings. The van der Waals surface area contributed by atoms with Gasteiger partial charge in [-0.1, -0.05) is 180 Å². The van der Waals surface area contributed by atoms with Gasteiger partial charge in [-0.15, -0.1) is 45.3 Å². The summed E-state index contributed by atoms with van der Waals surface area (Å²) in [5, 5.41) is 22.9. The number of nitriles is 2. The molecule has 0 aliphatic rings. The summed E-state index contributed by atoms with van der Waals surface area (Å²) in [6, 6.07) is 17.6. The molecule has 0 amide bonds. The maximum Gasteiger partial charge on any atom is 0.416 e. The van der Waals surface area contributed by atoms with Crippen molar-refractivity contribution in [2.24, 2.45) is 11.8 Å². The van der Waals surface area contributed by atoms with Gasteiger partial charge in [0.15, 0.2) is 11.8 Å². The maximum absolute atomic E-state index is 14.4. The van der Waals surface area contributed by atoms with Crippen LogP contribution in [0.1, 0.15) is 215 Å². The molecule has 0 aliphatic heterocycles. The number of hydrogen-bond donors (Lipinski definition) is 0. The van der Waals surface area contributed by atoms with Crippen LogP contribution in [0.15, 0.2) is 60.7 Å². The standard InChI is InChI=1S/C64H78F6N2O4S4/c1-5-9-13-17-19-23-27-43(25-21-15-11-7-3)41-75-61(73)51(39-71)55-49-37-53(45-29-33-47(34-30-45)63(65,66)67)77-57(49)59(79-55)60-58-50(38-54(78-58)46-31-35-48(36-32-46)64(68,69)70)56(80-60)52(40-72)62(74)76-42-44(26-22-16-12-8-4)28-24-20-18-14-10-6-2/h29-38,43-44,51-52H,5-28,41-42H2,1-4H3. The number of carbonyl (C=O) groups is 2. The highest BCUT2D eigenvalue weighted by atomic mass is 32.1. The monoisotopic (exact) mass is 1180 g/mol. The summed E-state index contributed by atoms with van der Waals surface area (Å²) >= 11 is 5.00. The van der Waals surface area contributed by atoms with Crippen LogP contribution < -0.4 is 0 Å². The number of rotatable bonds is 35. The van der Waals surface area contributed by atoms with Crippen molar-refractivity contribution in [3.63, 3.8) is 0 Å². The lowest BCUT2D eigenvalue weighted by atomic mass is 9.95. The van der Waals surface area contributed by atoms with Crippen molar-refractivity contribution in [2.75, 3.05) is 13.2 Å². The van der Waals surface area contributed by atoms with E-state index in [1.54, 1.807) is 12.1 Å². The minimum absolute atomic E-state index is 0.125. The second kappa shape index (κ2) is 32.2. The van der Waals surface area contributed by atoms with Gasteiger partial charge in [-0.2, -0.15) is 36.9 Å². The van der Waals surface area contributed by atoms with Crippen molar-refractivity contribution in [3.05, 3.63) is 81.5 Å². The van der Waals surface area contributed by atoms with Crippen LogP contribution in [-0.2, 0) is 31.4 Å². The zero-order chi connectivity index (χ0) is 57.7. The fraction of sp³-hybridized carbons (Fsp3) is 0.562. The molecule has 4 aromatic heterocycles. The third-order valence-corrected chi connectivity index (χ3v) is 20.4. The average molecular weight is 1180 g/mol. The Morgan fingerprint density at radius 3 is 1.06 bits per heavy atom. The zero-order valence-corrected chi connectivity index (χ0v) is 50.2. The third kappa shape index (κ3) is 18.1. The van der Waals surface area contributed by atoms with Gasteiger partial charge in [0.2, 0.25) is 0 Å². The Hall–Kier alpha value is -4.74. The van der Waals surface area contributed by atoms with Gasteiger partial charge in [0, 0.05) is 30.3 Å². The molecule has 6 nitrogen and oxygen atoms in total. The van der Waals surface area contributed by atoms with Gasteiger partial charge in [0.1, 0.15) is 0 Å². The summed E-state index contributed by atoms with van der Waals surface area (Å²) in [6.07, 6.45) is 16.7. The number of fused-ring (bicyclic) bond motifs is 2. The fourth-order valence-corrected chi connectivity index (χ4v) is 15.9. The van der Waals surface area contributed by atoms with Crippen LogP contribution in [0.2, 0.25) is 0 Å². The van der Waals surface area contributed by atoms with E-state index in [-0.39, 0.29) is 25.0 Å². The number of unbranched alkanes of at least 4 members (excludes halogenated alkanes) is 16. The number of halogens is 6. The van der Waals surface area contributed by atoms with Crippen LogP contribution in [0.5, 0.6) is 0 Å². The lowest BCUT2D eigenvalue weighted by molar-refractivity contribution is -0.146. The maximum atomic E-state index is 14.4. The van der Waals surface area contributed by atoms with Gasteiger partial charge < -0.3 is 9.47 Å². The van der Waals surface area contributed by atoms with Gasteiger partial charge in [-0.25, -0.2) is 0 Å². The molecule has 4 heterocycles. The smallest absolute Gasteiger partial charge is 0.416 e. The molecule has 0 N–H and O–H groups in total. The van der Waals surface area contributed by atoms with Crippen molar-refractivity contribution >= 4 is 77.5 Å². The summed E-state index contributed by atoms with van der Waals surface area (Å²) < 4.78 is 96.1. The molecule has 4 unspecified atom stereocenters. The average Bonchev–Trinajstić information content (AvgIpc) is 4.40. The minimum Gasteiger partial charge on any atom is -0.464 e. The molecule has 0 bridgehead atoms. The molecule has 0 aliphatic carbocycles. The van der Waals surface area contributed by atoms with Gasteiger partial charge in [-0.3, -0.25) is 9.59 Å². The quantitative estimate of drug-likeness (QED) is 0.0223. The predicted molar refractivity (Wildman–Crippen MR) is 318 cm³/mol. The van der Waals surface area contributed by atoms with E-state index in [9.17, 15) is 46.5 Å². The van der Waals surface area contributed by atoms with E-state index in [4.69, 9.17) is 9.47 Å². The van der Waals surface area contributed by atoms with E-state index in [1.807, 2.05) is 0 Å². The van der Waals surface area contributed by atoms with Crippen molar-refractivity contribution < 1.29 is 45.4 Å². The highest BCUT2D eigenvalue weighted by molar-refractivity contribution is 7.33. The first-order valence-electron chi connectivity index (χ1n) is 29.2. The Morgan fingerprint density at radius 1 is 0.463 bits per heavy atom. The first kappa shape index (κ1) is 64.4. The zero-order valence-electron chi connectivity index (χ0n) is 46.9. The number of nitrogens with zero attached hydrogens (tertiary/aromatic N) is 2. The van der Waals surface area contributed by atoms with Gasteiger partial charge >= 0.3 is 24.3 Å². The molecule has 0 saturated heterocycles.